The summed E-state index contributed by atoms with van der Waals surface area (Å²) in [7, 11) is 0. The average Bonchev–Trinajstić information content (AvgIpc) is 2.70. The molecule has 0 aliphatic carbocycles. The zero-order chi connectivity index (χ0) is 10.6. The first kappa shape index (κ1) is 9.46. The number of hydrogen-bond donors (Lipinski definition) is 0. The van der Waals surface area contributed by atoms with Crippen LogP contribution in [0.4, 0.5) is 0 Å². The summed E-state index contributed by atoms with van der Waals surface area (Å²) >= 11 is 0. The number of hydrogen-bond acceptors (Lipinski definition) is 1. The highest BCUT2D eigenvalue weighted by Gasteiger charge is 2.42. The van der Waals surface area contributed by atoms with Gasteiger partial charge < -0.3 is 4.57 Å². The van der Waals surface area contributed by atoms with E-state index in [-0.39, 0.29) is 0 Å². The van der Waals surface area contributed by atoms with E-state index in [9.17, 15) is 0 Å². The number of fused-ring (bicyclic) bond motifs is 4. The third-order valence-corrected chi connectivity index (χ3v) is 3.91. The van der Waals surface area contributed by atoms with Crippen LogP contribution in [-0.2, 0) is 6.54 Å². The van der Waals surface area contributed by atoms with Crippen molar-refractivity contribution >= 4 is 0 Å². The van der Waals surface area contributed by atoms with Gasteiger partial charge in [0, 0.05) is 30.5 Å². The van der Waals surface area contributed by atoms with Gasteiger partial charge in [0.1, 0.15) is 0 Å². The molecule has 82 valence electrons. The van der Waals surface area contributed by atoms with E-state index in [4.69, 9.17) is 0 Å². The van der Waals surface area contributed by atoms with Gasteiger partial charge in [0.2, 0.25) is 0 Å². The summed E-state index contributed by atoms with van der Waals surface area (Å²) in [6, 6.07) is 5.15. The van der Waals surface area contributed by atoms with Gasteiger partial charge >= 0.3 is 0 Å². The minimum absolute atomic E-state index is 0.304. The second kappa shape index (κ2) is 2.88. The minimum Gasteiger partial charge on any atom is -0.350 e. The molecule has 3 heterocycles. The zero-order valence-corrected chi connectivity index (χ0v) is 9.90. The summed E-state index contributed by atoms with van der Waals surface area (Å²) in [5, 5.41) is 0. The Labute approximate surface area is 91.9 Å². The summed E-state index contributed by atoms with van der Waals surface area (Å²) in [6.07, 6.45) is 3.60. The Hall–Kier alpha value is -0.760. The highest BCUT2D eigenvalue weighted by atomic mass is 15.3. The van der Waals surface area contributed by atoms with Crippen LogP contribution in [0.25, 0.3) is 0 Å². The molecule has 0 amide bonds. The fourth-order valence-electron chi connectivity index (χ4n) is 3.25. The molecular formula is C13H20N2. The van der Waals surface area contributed by atoms with E-state index in [1.165, 1.54) is 25.2 Å². The highest BCUT2D eigenvalue weighted by molar-refractivity contribution is 5.18. The van der Waals surface area contributed by atoms with Crippen molar-refractivity contribution in [2.75, 3.05) is 6.54 Å². The van der Waals surface area contributed by atoms with Crippen LogP contribution in [0.15, 0.2) is 18.3 Å². The van der Waals surface area contributed by atoms with Gasteiger partial charge in [0.25, 0.3) is 0 Å². The lowest BCUT2D eigenvalue weighted by molar-refractivity contribution is 0.119. The van der Waals surface area contributed by atoms with Crippen LogP contribution in [0, 0.1) is 5.92 Å². The Balaban J connectivity index is 2.00. The van der Waals surface area contributed by atoms with Crippen LogP contribution < -0.4 is 0 Å². The Kier molecular flexibility index (Phi) is 1.82. The van der Waals surface area contributed by atoms with Gasteiger partial charge in [-0.15, -0.1) is 0 Å². The molecule has 2 atom stereocenters. The number of aromatic nitrogens is 1. The van der Waals surface area contributed by atoms with E-state index < -0.39 is 0 Å². The monoisotopic (exact) mass is 204 g/mol. The van der Waals surface area contributed by atoms with Crippen molar-refractivity contribution in [3.8, 4) is 0 Å². The molecule has 2 aliphatic rings. The molecule has 0 aromatic carbocycles. The summed E-state index contributed by atoms with van der Waals surface area (Å²) < 4.78 is 2.45. The third-order valence-electron chi connectivity index (χ3n) is 3.91. The molecule has 0 N–H and O–H groups in total. The minimum atomic E-state index is 0.304. The van der Waals surface area contributed by atoms with Crippen molar-refractivity contribution in [2.24, 2.45) is 5.92 Å². The molecule has 3 rings (SSSR count). The molecule has 0 spiro atoms. The van der Waals surface area contributed by atoms with Crippen LogP contribution >= 0.6 is 0 Å². The maximum atomic E-state index is 2.68. The first-order chi connectivity index (χ1) is 7.05. The van der Waals surface area contributed by atoms with Gasteiger partial charge in [0.05, 0.1) is 6.04 Å². The molecule has 2 heteroatoms. The van der Waals surface area contributed by atoms with Gasteiger partial charge in [0.15, 0.2) is 0 Å². The zero-order valence-electron chi connectivity index (χ0n) is 9.90. The Morgan fingerprint density at radius 1 is 1.27 bits per heavy atom. The molecule has 1 fully saturated rings. The van der Waals surface area contributed by atoms with E-state index in [0.29, 0.717) is 11.6 Å². The predicted molar refractivity (Wildman–Crippen MR) is 61.7 cm³/mol. The third kappa shape index (κ3) is 1.35. The molecule has 0 radical (unpaired) electrons. The van der Waals surface area contributed by atoms with Crippen LogP contribution in [0.3, 0.4) is 0 Å². The molecule has 1 saturated heterocycles. The van der Waals surface area contributed by atoms with Gasteiger partial charge in [-0.25, -0.2) is 0 Å². The van der Waals surface area contributed by atoms with Gasteiger partial charge in [-0.1, -0.05) is 0 Å². The summed E-state index contributed by atoms with van der Waals surface area (Å²) in [5.74, 6) is 0.870. The fourth-order valence-corrected chi connectivity index (χ4v) is 3.25. The smallest absolute Gasteiger partial charge is 0.0509 e. The normalized spacial score (nSPS) is 30.6. The van der Waals surface area contributed by atoms with Crippen molar-refractivity contribution in [3.63, 3.8) is 0 Å². The lowest BCUT2D eigenvalue weighted by atomic mass is 9.99. The first-order valence-corrected chi connectivity index (χ1v) is 5.97. The van der Waals surface area contributed by atoms with E-state index in [0.717, 1.165) is 5.92 Å². The number of likely N-dealkylation sites (tertiary alicyclic amines) is 1. The molecule has 2 unspecified atom stereocenters. The first-order valence-electron chi connectivity index (χ1n) is 5.97. The summed E-state index contributed by atoms with van der Waals surface area (Å²) in [4.78, 5) is 2.68. The summed E-state index contributed by atoms with van der Waals surface area (Å²) in [6.45, 7) is 9.50. The summed E-state index contributed by atoms with van der Waals surface area (Å²) in [5.41, 5.74) is 1.83. The molecule has 0 saturated carbocycles. The van der Waals surface area contributed by atoms with Crippen LogP contribution in [0.5, 0.6) is 0 Å². The molecule has 2 nitrogen and oxygen atoms in total. The highest BCUT2D eigenvalue weighted by Crippen LogP contribution is 2.44. The molecule has 2 bridgehead atoms. The SMILES string of the molecule is CC(C)(C)N1CC2CC1c1cccn1C2. The molecule has 2 aliphatic heterocycles. The quantitative estimate of drug-likeness (QED) is 0.631. The second-order valence-electron chi connectivity index (χ2n) is 6.03. The maximum absolute atomic E-state index is 2.68. The van der Waals surface area contributed by atoms with E-state index in [1.807, 2.05) is 0 Å². The Morgan fingerprint density at radius 3 is 2.80 bits per heavy atom. The molecular weight excluding hydrogens is 184 g/mol. The van der Waals surface area contributed by atoms with Crippen molar-refractivity contribution in [2.45, 2.75) is 45.3 Å². The van der Waals surface area contributed by atoms with Crippen molar-refractivity contribution in [1.29, 1.82) is 0 Å². The topological polar surface area (TPSA) is 8.17 Å². The predicted octanol–water partition coefficient (Wildman–Crippen LogP) is 2.66. The molecule has 15 heavy (non-hydrogen) atoms. The van der Waals surface area contributed by atoms with Crippen LogP contribution in [0.1, 0.15) is 38.9 Å². The van der Waals surface area contributed by atoms with Crippen molar-refractivity contribution in [1.82, 2.24) is 9.47 Å². The maximum Gasteiger partial charge on any atom is 0.0509 e. The van der Waals surface area contributed by atoms with Crippen molar-refractivity contribution in [3.05, 3.63) is 24.0 Å². The van der Waals surface area contributed by atoms with Gasteiger partial charge in [-0.2, -0.15) is 0 Å². The standard InChI is InChI=1S/C13H20N2/c1-13(2,3)15-9-10-7-12(15)11-5-4-6-14(11)8-10/h4-6,10,12H,7-9H2,1-3H3. The lowest BCUT2D eigenvalue weighted by Gasteiger charge is -2.36. The van der Waals surface area contributed by atoms with E-state index in [2.05, 4.69) is 48.6 Å². The fraction of sp³-hybridized carbons (Fsp3) is 0.692. The van der Waals surface area contributed by atoms with Gasteiger partial charge in [-0.3, -0.25) is 4.90 Å². The van der Waals surface area contributed by atoms with Crippen LogP contribution in [0.2, 0.25) is 0 Å². The number of rotatable bonds is 0. The van der Waals surface area contributed by atoms with E-state index in [1.54, 1.807) is 0 Å². The second-order valence-corrected chi connectivity index (χ2v) is 6.03. The lowest BCUT2D eigenvalue weighted by Crippen LogP contribution is -2.40. The van der Waals surface area contributed by atoms with E-state index >= 15 is 0 Å². The van der Waals surface area contributed by atoms with Crippen molar-refractivity contribution < 1.29 is 0 Å². The van der Waals surface area contributed by atoms with Crippen LogP contribution in [-0.4, -0.2) is 21.6 Å². The average molecular weight is 204 g/mol. The largest absolute Gasteiger partial charge is 0.350 e. The molecule has 1 aromatic heterocycles. The Morgan fingerprint density at radius 2 is 2.07 bits per heavy atom. The molecule has 1 aromatic rings. The Bertz CT molecular complexity index is 372. The number of nitrogens with zero attached hydrogens (tertiary/aromatic N) is 2. The van der Waals surface area contributed by atoms with Gasteiger partial charge in [-0.05, 0) is 45.2 Å².